The average molecular weight is 338 g/mol. The number of aromatic hydroxyl groups is 1. The Balaban J connectivity index is 1.88. The van der Waals surface area contributed by atoms with Gasteiger partial charge in [0.15, 0.2) is 5.82 Å². The van der Waals surface area contributed by atoms with E-state index >= 15 is 0 Å². The van der Waals surface area contributed by atoms with Crippen molar-refractivity contribution >= 4 is 17.5 Å². The molecule has 0 saturated carbocycles. The van der Waals surface area contributed by atoms with Crippen molar-refractivity contribution in [1.29, 1.82) is 0 Å². The maximum Gasteiger partial charge on any atom is 0.258 e. The third-order valence-corrected chi connectivity index (χ3v) is 4.08. The first-order chi connectivity index (χ1) is 12.1. The number of rotatable bonds is 4. The number of likely N-dealkylation sites (tertiary alicyclic amines) is 1. The SMILES string of the molecule is C=CC(=O)Nc1ccc(O)c(C(=O)N2CCCC2c2ncccn2)c1. The summed E-state index contributed by atoms with van der Waals surface area (Å²) in [6.45, 7) is 3.95. The lowest BCUT2D eigenvalue weighted by Gasteiger charge is -2.24. The van der Waals surface area contributed by atoms with Crippen LogP contribution in [0.15, 0.2) is 49.3 Å². The van der Waals surface area contributed by atoms with Crippen LogP contribution in [-0.2, 0) is 4.79 Å². The van der Waals surface area contributed by atoms with Gasteiger partial charge >= 0.3 is 0 Å². The second kappa shape index (κ2) is 7.12. The van der Waals surface area contributed by atoms with Crippen molar-refractivity contribution in [2.24, 2.45) is 0 Å². The number of hydrogen-bond acceptors (Lipinski definition) is 5. The lowest BCUT2D eigenvalue weighted by molar-refractivity contribution is -0.111. The molecule has 7 heteroatoms. The average Bonchev–Trinajstić information content (AvgIpc) is 3.13. The Bertz CT molecular complexity index is 807. The van der Waals surface area contributed by atoms with E-state index in [1.807, 2.05) is 0 Å². The lowest BCUT2D eigenvalue weighted by atomic mass is 10.1. The van der Waals surface area contributed by atoms with Crippen LogP contribution in [0.5, 0.6) is 5.75 Å². The van der Waals surface area contributed by atoms with Crippen LogP contribution in [0.25, 0.3) is 0 Å². The number of benzene rings is 1. The van der Waals surface area contributed by atoms with Crippen LogP contribution in [0.2, 0.25) is 0 Å². The molecule has 2 amide bonds. The van der Waals surface area contributed by atoms with Crippen LogP contribution in [0, 0.1) is 0 Å². The van der Waals surface area contributed by atoms with Crippen LogP contribution in [0.1, 0.15) is 35.1 Å². The summed E-state index contributed by atoms with van der Waals surface area (Å²) in [6.07, 6.45) is 6.03. The molecule has 2 heterocycles. The Kier molecular flexibility index (Phi) is 4.74. The molecule has 2 aromatic rings. The minimum absolute atomic E-state index is 0.129. The van der Waals surface area contributed by atoms with E-state index < -0.39 is 0 Å². The highest BCUT2D eigenvalue weighted by Crippen LogP contribution is 2.33. The summed E-state index contributed by atoms with van der Waals surface area (Å²) in [5.41, 5.74) is 0.544. The Morgan fingerprint density at radius 2 is 2.08 bits per heavy atom. The van der Waals surface area contributed by atoms with Crippen molar-refractivity contribution in [3.05, 3.63) is 60.7 Å². The normalized spacial score (nSPS) is 16.5. The van der Waals surface area contributed by atoms with Crippen LogP contribution >= 0.6 is 0 Å². The largest absolute Gasteiger partial charge is 0.507 e. The van der Waals surface area contributed by atoms with Crippen LogP contribution in [-0.4, -0.2) is 38.3 Å². The number of carbonyl (C=O) groups is 2. The van der Waals surface area contributed by atoms with Crippen molar-refractivity contribution in [3.8, 4) is 5.75 Å². The van der Waals surface area contributed by atoms with Gasteiger partial charge in [0.2, 0.25) is 5.91 Å². The van der Waals surface area contributed by atoms with Crippen molar-refractivity contribution in [2.45, 2.75) is 18.9 Å². The van der Waals surface area contributed by atoms with Gasteiger partial charge in [0, 0.05) is 24.6 Å². The fourth-order valence-electron chi connectivity index (χ4n) is 2.89. The molecule has 0 bridgehead atoms. The first kappa shape index (κ1) is 16.6. The van der Waals surface area contributed by atoms with Gasteiger partial charge in [0.05, 0.1) is 11.6 Å². The topological polar surface area (TPSA) is 95.4 Å². The molecule has 1 aliphatic heterocycles. The molecule has 0 aliphatic carbocycles. The zero-order chi connectivity index (χ0) is 17.8. The monoisotopic (exact) mass is 338 g/mol. The zero-order valence-corrected chi connectivity index (χ0v) is 13.6. The van der Waals surface area contributed by atoms with Crippen LogP contribution in [0.3, 0.4) is 0 Å². The van der Waals surface area contributed by atoms with Gasteiger partial charge in [0.1, 0.15) is 5.75 Å². The van der Waals surface area contributed by atoms with Crippen molar-refractivity contribution in [2.75, 3.05) is 11.9 Å². The summed E-state index contributed by atoms with van der Waals surface area (Å²) in [5.74, 6) is -0.256. The predicted octanol–water partition coefficient (Wildman–Crippen LogP) is 2.28. The van der Waals surface area contributed by atoms with E-state index in [-0.39, 0.29) is 29.2 Å². The fourth-order valence-corrected chi connectivity index (χ4v) is 2.89. The molecule has 1 saturated heterocycles. The van der Waals surface area contributed by atoms with E-state index in [0.717, 1.165) is 18.9 Å². The Morgan fingerprint density at radius 1 is 1.32 bits per heavy atom. The second-order valence-electron chi connectivity index (χ2n) is 5.69. The Morgan fingerprint density at radius 3 is 2.80 bits per heavy atom. The number of anilines is 1. The van der Waals surface area contributed by atoms with E-state index in [2.05, 4.69) is 21.9 Å². The number of aromatic nitrogens is 2. The summed E-state index contributed by atoms with van der Waals surface area (Å²) >= 11 is 0. The molecular weight excluding hydrogens is 320 g/mol. The molecule has 1 fully saturated rings. The summed E-state index contributed by atoms with van der Waals surface area (Å²) < 4.78 is 0. The highest BCUT2D eigenvalue weighted by atomic mass is 16.3. The van der Waals surface area contributed by atoms with Gasteiger partial charge in [-0.05, 0) is 43.2 Å². The molecule has 0 radical (unpaired) electrons. The second-order valence-corrected chi connectivity index (χ2v) is 5.69. The van der Waals surface area contributed by atoms with E-state index in [9.17, 15) is 14.7 Å². The first-order valence-corrected chi connectivity index (χ1v) is 7.94. The molecule has 1 atom stereocenters. The smallest absolute Gasteiger partial charge is 0.258 e. The van der Waals surface area contributed by atoms with E-state index in [0.29, 0.717) is 18.1 Å². The molecule has 1 aromatic carbocycles. The third-order valence-electron chi connectivity index (χ3n) is 4.08. The van der Waals surface area contributed by atoms with Gasteiger partial charge in [-0.15, -0.1) is 0 Å². The third kappa shape index (κ3) is 3.50. The molecule has 0 spiro atoms. The van der Waals surface area contributed by atoms with E-state index in [4.69, 9.17) is 0 Å². The van der Waals surface area contributed by atoms with Crippen LogP contribution in [0.4, 0.5) is 5.69 Å². The molecule has 25 heavy (non-hydrogen) atoms. The highest BCUT2D eigenvalue weighted by Gasteiger charge is 2.33. The van der Waals surface area contributed by atoms with Gasteiger partial charge in [-0.3, -0.25) is 9.59 Å². The van der Waals surface area contributed by atoms with Gasteiger partial charge in [-0.2, -0.15) is 0 Å². The number of phenols is 1. The number of hydrogen-bond donors (Lipinski definition) is 2. The minimum atomic E-state index is -0.388. The summed E-state index contributed by atoms with van der Waals surface area (Å²) in [5, 5.41) is 12.7. The Labute approximate surface area is 145 Å². The van der Waals surface area contributed by atoms with Gasteiger partial charge in [-0.1, -0.05) is 6.58 Å². The number of nitrogens with one attached hydrogen (secondary N) is 1. The molecule has 3 rings (SSSR count). The van der Waals surface area contributed by atoms with E-state index in [1.165, 1.54) is 18.2 Å². The molecule has 1 unspecified atom stereocenters. The molecule has 1 aliphatic rings. The van der Waals surface area contributed by atoms with Crippen molar-refractivity contribution < 1.29 is 14.7 Å². The summed E-state index contributed by atoms with van der Waals surface area (Å²) in [7, 11) is 0. The molecule has 1 aromatic heterocycles. The highest BCUT2D eigenvalue weighted by molar-refractivity contribution is 6.02. The number of amides is 2. The fraction of sp³-hybridized carbons (Fsp3) is 0.222. The zero-order valence-electron chi connectivity index (χ0n) is 13.6. The van der Waals surface area contributed by atoms with Crippen molar-refractivity contribution in [1.82, 2.24) is 14.9 Å². The summed E-state index contributed by atoms with van der Waals surface area (Å²) in [4.78, 5) is 34.5. The molecule has 7 nitrogen and oxygen atoms in total. The number of phenolic OH excluding ortho intramolecular Hbond substituents is 1. The van der Waals surface area contributed by atoms with Gasteiger partial charge in [0.25, 0.3) is 5.91 Å². The molecule has 2 N–H and O–H groups in total. The number of nitrogens with zero attached hydrogens (tertiary/aromatic N) is 3. The maximum atomic E-state index is 12.9. The molecular formula is C18H18N4O3. The maximum absolute atomic E-state index is 12.9. The standard InChI is InChI=1S/C18H18N4O3/c1-2-16(24)21-12-6-7-15(23)13(11-12)18(25)22-10-3-5-14(22)17-19-8-4-9-20-17/h2,4,6-9,11,14,23H,1,3,5,10H2,(H,21,24). The van der Waals surface area contributed by atoms with E-state index in [1.54, 1.807) is 23.4 Å². The van der Waals surface area contributed by atoms with Crippen LogP contribution < -0.4 is 5.32 Å². The van der Waals surface area contributed by atoms with Crippen molar-refractivity contribution in [3.63, 3.8) is 0 Å². The summed E-state index contributed by atoms with van der Waals surface area (Å²) in [6, 6.07) is 5.87. The minimum Gasteiger partial charge on any atom is -0.507 e. The van der Waals surface area contributed by atoms with Gasteiger partial charge < -0.3 is 15.3 Å². The lowest BCUT2D eigenvalue weighted by Crippen LogP contribution is -2.31. The van der Waals surface area contributed by atoms with Gasteiger partial charge in [-0.25, -0.2) is 9.97 Å². The quantitative estimate of drug-likeness (QED) is 0.659. The number of carbonyl (C=O) groups excluding carboxylic acids is 2. The molecule has 128 valence electrons. The predicted molar refractivity (Wildman–Crippen MR) is 92.0 cm³/mol. The first-order valence-electron chi connectivity index (χ1n) is 7.94. The Hall–Kier alpha value is -3.22.